The predicted molar refractivity (Wildman–Crippen MR) is 116 cm³/mol. The van der Waals surface area contributed by atoms with Crippen LogP contribution in [-0.2, 0) is 9.68 Å². The third-order valence-electron chi connectivity index (χ3n) is 3.21. The van der Waals surface area contributed by atoms with Gasteiger partial charge in [-0.15, -0.1) is 5.23 Å². The summed E-state index contributed by atoms with van der Waals surface area (Å²) in [5.74, 6) is 0. The Morgan fingerprint density at radius 3 is 1.85 bits per heavy atom. The standard InChI is InChI=1S/C11H16BrNO2.C8H7BrO.CH4/c1-4-14-13(15-5-2)11-7-6-10(12)8-9(11)3;1-6-4-8(9)3-2-7(6)5-10;/h6-8H,4-5H2,1-3H3;2-5H,1H3;1H4. The highest BCUT2D eigenvalue weighted by Crippen LogP contribution is 2.24. The van der Waals surface area contributed by atoms with Crippen molar-refractivity contribution < 1.29 is 14.5 Å². The van der Waals surface area contributed by atoms with Crippen LogP contribution in [0.25, 0.3) is 0 Å². The van der Waals surface area contributed by atoms with Gasteiger partial charge < -0.3 is 0 Å². The first kappa shape index (κ1) is 24.8. The molecule has 6 heteroatoms. The van der Waals surface area contributed by atoms with E-state index in [2.05, 4.69) is 31.9 Å². The maximum atomic E-state index is 10.3. The lowest BCUT2D eigenvalue weighted by atomic mass is 10.1. The number of benzene rings is 2. The molecule has 0 N–H and O–H groups in total. The van der Waals surface area contributed by atoms with Crippen LogP contribution in [0.15, 0.2) is 45.3 Å². The summed E-state index contributed by atoms with van der Waals surface area (Å²) in [4.78, 5) is 21.1. The zero-order valence-electron chi connectivity index (χ0n) is 14.9. The van der Waals surface area contributed by atoms with Gasteiger partial charge in [-0.2, -0.15) is 0 Å². The predicted octanol–water partition coefficient (Wildman–Crippen LogP) is 6.67. The van der Waals surface area contributed by atoms with Gasteiger partial charge in [-0.3, -0.25) is 4.79 Å². The van der Waals surface area contributed by atoms with Gasteiger partial charge in [0, 0.05) is 14.5 Å². The third kappa shape index (κ3) is 7.99. The zero-order chi connectivity index (χ0) is 18.8. The summed E-state index contributed by atoms with van der Waals surface area (Å²) in [5, 5.41) is 1.47. The first-order chi connectivity index (χ1) is 11.9. The minimum Gasteiger partial charge on any atom is -0.298 e. The molecule has 2 rings (SSSR count). The molecule has 0 atom stereocenters. The first-order valence-electron chi connectivity index (χ1n) is 7.96. The van der Waals surface area contributed by atoms with Crippen LogP contribution in [0.1, 0.15) is 42.8 Å². The van der Waals surface area contributed by atoms with Crippen molar-refractivity contribution in [1.29, 1.82) is 0 Å². The number of carbonyl (C=O) groups excluding carboxylic acids is 1. The number of nitrogens with zero attached hydrogens (tertiary/aromatic N) is 1. The van der Waals surface area contributed by atoms with E-state index in [4.69, 9.17) is 9.68 Å². The molecule has 0 unspecified atom stereocenters. The molecule has 0 aliphatic rings. The van der Waals surface area contributed by atoms with Crippen molar-refractivity contribution in [2.24, 2.45) is 0 Å². The van der Waals surface area contributed by atoms with Crippen LogP contribution in [-0.4, -0.2) is 19.5 Å². The molecular weight excluding hydrogens is 462 g/mol. The highest BCUT2D eigenvalue weighted by molar-refractivity contribution is 9.10. The van der Waals surface area contributed by atoms with E-state index in [1.54, 1.807) is 6.07 Å². The maximum absolute atomic E-state index is 10.3. The molecule has 0 spiro atoms. The Morgan fingerprint density at radius 2 is 1.42 bits per heavy atom. The minimum atomic E-state index is 0. The molecule has 0 amide bonds. The molecular formula is C20H27Br2NO3. The van der Waals surface area contributed by atoms with Gasteiger partial charge in [-0.25, -0.2) is 9.68 Å². The summed E-state index contributed by atoms with van der Waals surface area (Å²) in [6.45, 7) is 8.95. The molecule has 0 saturated heterocycles. The molecule has 26 heavy (non-hydrogen) atoms. The zero-order valence-corrected chi connectivity index (χ0v) is 18.1. The van der Waals surface area contributed by atoms with E-state index >= 15 is 0 Å². The fourth-order valence-corrected chi connectivity index (χ4v) is 2.96. The minimum absolute atomic E-state index is 0. The molecule has 0 bridgehead atoms. The van der Waals surface area contributed by atoms with E-state index in [1.165, 1.54) is 5.23 Å². The van der Waals surface area contributed by atoms with Crippen LogP contribution in [0.5, 0.6) is 0 Å². The van der Waals surface area contributed by atoms with Crippen molar-refractivity contribution in [3.05, 3.63) is 62.0 Å². The topological polar surface area (TPSA) is 38.8 Å². The van der Waals surface area contributed by atoms with E-state index in [-0.39, 0.29) is 7.43 Å². The smallest absolute Gasteiger partial charge is 0.150 e. The summed E-state index contributed by atoms with van der Waals surface area (Å²) >= 11 is 6.73. The van der Waals surface area contributed by atoms with E-state index in [0.29, 0.717) is 13.2 Å². The van der Waals surface area contributed by atoms with Crippen LogP contribution in [0.2, 0.25) is 0 Å². The SMILES string of the molecule is C.CCON(OCC)c1ccc(Br)cc1C.Cc1cc(Br)ccc1C=O. The molecule has 0 heterocycles. The number of halogens is 2. The normalized spacial score (nSPS) is 9.62. The first-order valence-corrected chi connectivity index (χ1v) is 9.54. The lowest BCUT2D eigenvalue weighted by Gasteiger charge is -2.22. The fraction of sp³-hybridized carbons (Fsp3) is 0.350. The van der Waals surface area contributed by atoms with Crippen molar-refractivity contribution in [2.75, 3.05) is 18.4 Å². The Balaban J connectivity index is 0.000000497. The van der Waals surface area contributed by atoms with E-state index < -0.39 is 0 Å². The quantitative estimate of drug-likeness (QED) is 0.336. The van der Waals surface area contributed by atoms with Gasteiger partial charge in [0.05, 0.1) is 18.9 Å². The number of aryl methyl sites for hydroxylation is 2. The van der Waals surface area contributed by atoms with Crippen molar-refractivity contribution in [3.63, 3.8) is 0 Å². The van der Waals surface area contributed by atoms with E-state index in [0.717, 1.165) is 37.6 Å². The van der Waals surface area contributed by atoms with Crippen LogP contribution in [0.4, 0.5) is 5.69 Å². The summed E-state index contributed by atoms with van der Waals surface area (Å²) in [5.41, 5.74) is 3.79. The van der Waals surface area contributed by atoms with Crippen LogP contribution >= 0.6 is 31.9 Å². The average molecular weight is 489 g/mol. The molecule has 4 nitrogen and oxygen atoms in total. The number of anilines is 1. The van der Waals surface area contributed by atoms with E-state index in [9.17, 15) is 4.79 Å². The number of hydrogen-bond donors (Lipinski definition) is 0. The fourth-order valence-electron chi connectivity index (χ4n) is 2.01. The number of hydrogen-bond acceptors (Lipinski definition) is 4. The summed E-state index contributed by atoms with van der Waals surface area (Å²) in [6.07, 6.45) is 0.863. The third-order valence-corrected chi connectivity index (χ3v) is 4.19. The average Bonchev–Trinajstić information content (AvgIpc) is 2.55. The Hall–Kier alpha value is -1.21. The lowest BCUT2D eigenvalue weighted by molar-refractivity contribution is -0.0819. The van der Waals surface area contributed by atoms with Gasteiger partial charge >= 0.3 is 0 Å². The summed E-state index contributed by atoms with van der Waals surface area (Å²) in [7, 11) is 0. The molecule has 144 valence electrons. The second kappa shape index (κ2) is 13.0. The molecule has 0 radical (unpaired) electrons. The van der Waals surface area contributed by atoms with Crippen molar-refractivity contribution in [3.8, 4) is 0 Å². The molecule has 0 fully saturated rings. The molecule has 0 saturated carbocycles. The Morgan fingerprint density at radius 1 is 0.923 bits per heavy atom. The lowest BCUT2D eigenvalue weighted by Crippen LogP contribution is -2.24. The largest absolute Gasteiger partial charge is 0.298 e. The monoisotopic (exact) mass is 487 g/mol. The number of aldehydes is 1. The van der Waals surface area contributed by atoms with E-state index in [1.807, 2.05) is 58.0 Å². The molecule has 0 aromatic heterocycles. The second-order valence-electron chi connectivity index (χ2n) is 5.14. The summed E-state index contributed by atoms with van der Waals surface area (Å²) in [6, 6.07) is 11.5. The number of rotatable bonds is 6. The molecule has 0 aliphatic carbocycles. The van der Waals surface area contributed by atoms with Gasteiger partial charge in [-0.1, -0.05) is 45.4 Å². The maximum Gasteiger partial charge on any atom is 0.150 e. The van der Waals surface area contributed by atoms with Crippen molar-refractivity contribution in [2.45, 2.75) is 35.1 Å². The highest BCUT2D eigenvalue weighted by atomic mass is 79.9. The molecule has 2 aromatic carbocycles. The van der Waals surface area contributed by atoms with Gasteiger partial charge in [0.15, 0.2) is 0 Å². The van der Waals surface area contributed by atoms with Gasteiger partial charge in [0.25, 0.3) is 0 Å². The van der Waals surface area contributed by atoms with Gasteiger partial charge in [0.2, 0.25) is 0 Å². The highest BCUT2D eigenvalue weighted by Gasteiger charge is 2.09. The van der Waals surface area contributed by atoms with Crippen LogP contribution < -0.4 is 5.23 Å². The van der Waals surface area contributed by atoms with Crippen LogP contribution in [0, 0.1) is 13.8 Å². The Kier molecular flexibility index (Phi) is 12.4. The summed E-state index contributed by atoms with van der Waals surface area (Å²) < 4.78 is 2.06. The van der Waals surface area contributed by atoms with Gasteiger partial charge in [-0.05, 0) is 69.2 Å². The van der Waals surface area contributed by atoms with Crippen molar-refractivity contribution >= 4 is 43.8 Å². The number of carbonyl (C=O) groups is 1. The second-order valence-corrected chi connectivity index (χ2v) is 6.97. The van der Waals surface area contributed by atoms with Crippen LogP contribution in [0.3, 0.4) is 0 Å². The Bertz CT molecular complexity index is 687. The molecule has 0 aliphatic heterocycles. The van der Waals surface area contributed by atoms with Crippen molar-refractivity contribution in [1.82, 2.24) is 0 Å². The van der Waals surface area contributed by atoms with Gasteiger partial charge in [0.1, 0.15) is 6.29 Å². The molecule has 2 aromatic rings. The Labute approximate surface area is 173 Å².